The van der Waals surface area contributed by atoms with Crippen LogP contribution in [-0.4, -0.2) is 51.1 Å². The average molecular weight is 347 g/mol. The number of likely N-dealkylation sites (tertiary alicyclic amines) is 1. The number of aromatic amines is 1. The van der Waals surface area contributed by atoms with Gasteiger partial charge in [-0.05, 0) is 37.6 Å². The van der Waals surface area contributed by atoms with Crippen LogP contribution in [0.5, 0.6) is 0 Å². The number of aliphatic hydroxyl groups is 1. The number of hydrogen-bond acceptors (Lipinski definition) is 5. The van der Waals surface area contributed by atoms with Crippen molar-refractivity contribution in [2.75, 3.05) is 19.7 Å². The first kappa shape index (κ1) is 16.3. The Bertz CT molecular complexity index is 672. The molecule has 4 rings (SSSR count). The Balaban J connectivity index is 1.40. The molecular formula is C18H25N3O2S. The third-order valence-electron chi connectivity index (χ3n) is 5.40. The quantitative estimate of drug-likeness (QED) is 0.896. The molecule has 0 amide bonds. The van der Waals surface area contributed by atoms with Crippen LogP contribution in [0.2, 0.25) is 0 Å². The van der Waals surface area contributed by atoms with Gasteiger partial charge in [-0.3, -0.25) is 10.00 Å². The number of rotatable bonds is 3. The van der Waals surface area contributed by atoms with Gasteiger partial charge in [0.2, 0.25) is 0 Å². The van der Waals surface area contributed by atoms with E-state index in [4.69, 9.17) is 4.74 Å². The van der Waals surface area contributed by atoms with Crippen molar-refractivity contribution < 1.29 is 9.84 Å². The molecule has 0 saturated carbocycles. The van der Waals surface area contributed by atoms with Gasteiger partial charge in [-0.15, -0.1) is 11.3 Å². The highest BCUT2D eigenvalue weighted by atomic mass is 32.1. The standard InChI is InChI=1S/C18H25N3O2S/c1-17(22)6-9-23-18(13-17)4-7-21(8-5-18)12-14-11-19-20-16(14)15-3-2-10-24-15/h2-3,10-11,22H,4-9,12-13H2,1H3,(H,19,20). The molecule has 1 spiro atoms. The van der Waals surface area contributed by atoms with Gasteiger partial charge in [0.1, 0.15) is 0 Å². The van der Waals surface area contributed by atoms with Crippen molar-refractivity contribution in [3.8, 4) is 10.6 Å². The van der Waals surface area contributed by atoms with E-state index in [-0.39, 0.29) is 5.60 Å². The monoisotopic (exact) mass is 347 g/mol. The van der Waals surface area contributed by atoms with E-state index >= 15 is 0 Å². The Hall–Kier alpha value is -1.21. The van der Waals surface area contributed by atoms with Gasteiger partial charge in [0, 0.05) is 31.6 Å². The van der Waals surface area contributed by atoms with Crippen molar-refractivity contribution in [2.24, 2.45) is 0 Å². The summed E-state index contributed by atoms with van der Waals surface area (Å²) in [5.41, 5.74) is 1.70. The van der Waals surface area contributed by atoms with Gasteiger partial charge in [0.25, 0.3) is 0 Å². The predicted octanol–water partition coefficient (Wildman–Crippen LogP) is 3.03. The summed E-state index contributed by atoms with van der Waals surface area (Å²) in [6, 6.07) is 4.20. The van der Waals surface area contributed by atoms with Crippen LogP contribution in [0, 0.1) is 0 Å². The lowest BCUT2D eigenvalue weighted by molar-refractivity contribution is -0.173. The fraction of sp³-hybridized carbons (Fsp3) is 0.611. The van der Waals surface area contributed by atoms with Gasteiger partial charge in [-0.25, -0.2) is 0 Å². The highest BCUT2D eigenvalue weighted by Gasteiger charge is 2.44. The lowest BCUT2D eigenvalue weighted by Crippen LogP contribution is -2.53. The Labute approximate surface area is 146 Å². The van der Waals surface area contributed by atoms with Gasteiger partial charge in [0.15, 0.2) is 0 Å². The molecule has 1 unspecified atom stereocenters. The molecule has 2 N–H and O–H groups in total. The summed E-state index contributed by atoms with van der Waals surface area (Å²) in [7, 11) is 0. The third kappa shape index (κ3) is 3.28. The maximum atomic E-state index is 10.4. The molecule has 2 fully saturated rings. The SMILES string of the molecule is CC1(O)CCOC2(CCN(Cc3cn[nH]c3-c3cccs3)CC2)C1. The molecule has 2 aromatic rings. The molecule has 130 valence electrons. The fourth-order valence-electron chi connectivity index (χ4n) is 4.07. The summed E-state index contributed by atoms with van der Waals surface area (Å²) in [6.07, 6.45) is 5.45. The first-order valence-corrected chi connectivity index (χ1v) is 9.58. The van der Waals surface area contributed by atoms with E-state index in [9.17, 15) is 5.11 Å². The molecule has 4 heterocycles. The van der Waals surface area contributed by atoms with Crippen LogP contribution in [0.4, 0.5) is 0 Å². The summed E-state index contributed by atoms with van der Waals surface area (Å²) < 4.78 is 6.10. The minimum atomic E-state index is -0.572. The normalized spacial score (nSPS) is 27.6. The Kier molecular flexibility index (Phi) is 4.24. The van der Waals surface area contributed by atoms with E-state index in [1.54, 1.807) is 11.3 Å². The van der Waals surface area contributed by atoms with Gasteiger partial charge >= 0.3 is 0 Å². The van der Waals surface area contributed by atoms with Crippen molar-refractivity contribution in [3.63, 3.8) is 0 Å². The van der Waals surface area contributed by atoms with Crippen LogP contribution >= 0.6 is 11.3 Å². The minimum absolute atomic E-state index is 0.120. The van der Waals surface area contributed by atoms with Crippen molar-refractivity contribution >= 4 is 11.3 Å². The zero-order valence-corrected chi connectivity index (χ0v) is 14.9. The van der Waals surface area contributed by atoms with Crippen LogP contribution in [-0.2, 0) is 11.3 Å². The summed E-state index contributed by atoms with van der Waals surface area (Å²) in [5, 5.41) is 19.9. The lowest BCUT2D eigenvalue weighted by Gasteiger charge is -2.48. The van der Waals surface area contributed by atoms with E-state index in [1.165, 1.54) is 10.4 Å². The molecule has 2 aliphatic heterocycles. The van der Waals surface area contributed by atoms with Gasteiger partial charge in [-0.1, -0.05) is 6.07 Å². The highest BCUT2D eigenvalue weighted by Crippen LogP contribution is 2.39. The van der Waals surface area contributed by atoms with Gasteiger partial charge < -0.3 is 9.84 Å². The Morgan fingerprint density at radius 3 is 2.92 bits per heavy atom. The Morgan fingerprint density at radius 2 is 2.21 bits per heavy atom. The van der Waals surface area contributed by atoms with Crippen molar-refractivity contribution in [1.29, 1.82) is 0 Å². The summed E-state index contributed by atoms with van der Waals surface area (Å²) in [4.78, 5) is 3.71. The second-order valence-corrected chi connectivity index (χ2v) is 8.43. The number of hydrogen-bond donors (Lipinski definition) is 2. The van der Waals surface area contributed by atoms with Gasteiger partial charge in [0.05, 0.1) is 34.6 Å². The van der Waals surface area contributed by atoms with Gasteiger partial charge in [-0.2, -0.15) is 5.10 Å². The fourth-order valence-corrected chi connectivity index (χ4v) is 4.82. The first-order chi connectivity index (χ1) is 11.6. The Morgan fingerprint density at radius 1 is 1.38 bits per heavy atom. The molecule has 1 atom stereocenters. The molecule has 0 radical (unpaired) electrons. The maximum Gasteiger partial charge on any atom is 0.0794 e. The zero-order chi connectivity index (χ0) is 16.6. The molecule has 5 nitrogen and oxygen atoms in total. The van der Waals surface area contributed by atoms with E-state index < -0.39 is 5.60 Å². The van der Waals surface area contributed by atoms with E-state index in [0.29, 0.717) is 6.61 Å². The number of nitrogens with one attached hydrogen (secondary N) is 1. The number of ether oxygens (including phenoxy) is 1. The second kappa shape index (κ2) is 6.26. The molecule has 6 heteroatoms. The molecule has 0 aliphatic carbocycles. The number of H-pyrrole nitrogens is 1. The van der Waals surface area contributed by atoms with Crippen LogP contribution < -0.4 is 0 Å². The van der Waals surface area contributed by atoms with Crippen molar-refractivity contribution in [1.82, 2.24) is 15.1 Å². The number of piperidine rings is 1. The molecule has 2 saturated heterocycles. The van der Waals surface area contributed by atoms with E-state index in [0.717, 1.165) is 51.0 Å². The molecule has 2 aliphatic rings. The van der Waals surface area contributed by atoms with Crippen LogP contribution in [0.25, 0.3) is 10.6 Å². The van der Waals surface area contributed by atoms with Crippen LogP contribution in [0.1, 0.15) is 38.2 Å². The lowest BCUT2D eigenvalue weighted by atomic mass is 9.78. The number of thiophene rings is 1. The minimum Gasteiger partial charge on any atom is -0.390 e. The third-order valence-corrected chi connectivity index (χ3v) is 6.29. The average Bonchev–Trinajstić information content (AvgIpc) is 3.20. The molecular weight excluding hydrogens is 322 g/mol. The number of nitrogens with zero attached hydrogens (tertiary/aromatic N) is 2. The molecule has 0 aromatic carbocycles. The maximum absolute atomic E-state index is 10.4. The first-order valence-electron chi connectivity index (χ1n) is 8.70. The molecule has 24 heavy (non-hydrogen) atoms. The predicted molar refractivity (Wildman–Crippen MR) is 95.0 cm³/mol. The molecule has 0 bridgehead atoms. The van der Waals surface area contributed by atoms with Crippen molar-refractivity contribution in [2.45, 2.75) is 50.4 Å². The molecule has 2 aromatic heterocycles. The smallest absolute Gasteiger partial charge is 0.0794 e. The summed E-state index contributed by atoms with van der Waals surface area (Å²) in [6.45, 7) is 5.55. The van der Waals surface area contributed by atoms with E-state index in [2.05, 4.69) is 32.6 Å². The summed E-state index contributed by atoms with van der Waals surface area (Å²) in [5.74, 6) is 0. The second-order valence-electron chi connectivity index (χ2n) is 7.48. The highest BCUT2D eigenvalue weighted by molar-refractivity contribution is 7.13. The van der Waals surface area contributed by atoms with Crippen LogP contribution in [0.15, 0.2) is 23.7 Å². The summed E-state index contributed by atoms with van der Waals surface area (Å²) >= 11 is 1.74. The van der Waals surface area contributed by atoms with Crippen LogP contribution in [0.3, 0.4) is 0 Å². The number of aromatic nitrogens is 2. The zero-order valence-electron chi connectivity index (χ0n) is 14.1. The topological polar surface area (TPSA) is 61.4 Å². The van der Waals surface area contributed by atoms with Crippen molar-refractivity contribution in [3.05, 3.63) is 29.3 Å². The largest absolute Gasteiger partial charge is 0.390 e. The van der Waals surface area contributed by atoms with E-state index in [1.807, 2.05) is 13.1 Å².